The van der Waals surface area contributed by atoms with Crippen molar-refractivity contribution < 1.29 is 5.11 Å². The fourth-order valence-electron chi connectivity index (χ4n) is 1.57. The average molecular weight is 203 g/mol. The van der Waals surface area contributed by atoms with Crippen LogP contribution in [-0.2, 0) is 7.05 Å². The molecule has 0 aliphatic rings. The molecule has 0 radical (unpaired) electrons. The minimum atomic E-state index is 0.274. The molecule has 0 fully saturated rings. The number of phenolic OH excluding ortho intramolecular Hbond substituents is 1. The van der Waals surface area contributed by atoms with Crippen molar-refractivity contribution in [3.63, 3.8) is 0 Å². The summed E-state index contributed by atoms with van der Waals surface area (Å²) in [5, 5.41) is 13.7. The van der Waals surface area contributed by atoms with Crippen molar-refractivity contribution in [2.75, 3.05) is 5.73 Å². The lowest BCUT2D eigenvalue weighted by molar-refractivity contribution is 0.471. The van der Waals surface area contributed by atoms with E-state index in [1.54, 1.807) is 30.1 Å². The van der Waals surface area contributed by atoms with Crippen molar-refractivity contribution in [2.24, 2.45) is 7.05 Å². The molecule has 0 bridgehead atoms. The second-order valence-electron chi connectivity index (χ2n) is 3.52. The number of rotatable bonds is 1. The first-order chi connectivity index (χ1) is 7.11. The van der Waals surface area contributed by atoms with Gasteiger partial charge >= 0.3 is 0 Å². The average Bonchev–Trinajstić information content (AvgIpc) is 2.53. The molecule has 1 aromatic heterocycles. The Labute approximate surface area is 88.0 Å². The largest absolute Gasteiger partial charge is 0.508 e. The van der Waals surface area contributed by atoms with Crippen molar-refractivity contribution in [1.82, 2.24) is 9.78 Å². The normalized spacial score (nSPS) is 10.5. The zero-order valence-electron chi connectivity index (χ0n) is 8.73. The first-order valence-electron chi connectivity index (χ1n) is 4.67. The zero-order valence-corrected chi connectivity index (χ0v) is 8.73. The van der Waals surface area contributed by atoms with Gasteiger partial charge in [-0.25, -0.2) is 0 Å². The number of nitrogens with two attached hydrogens (primary N) is 1. The smallest absolute Gasteiger partial charge is 0.129 e. The van der Waals surface area contributed by atoms with Crippen LogP contribution >= 0.6 is 0 Å². The number of aromatic hydroxyl groups is 1. The summed E-state index contributed by atoms with van der Waals surface area (Å²) in [4.78, 5) is 0. The second-order valence-corrected chi connectivity index (χ2v) is 3.52. The third-order valence-electron chi connectivity index (χ3n) is 2.58. The van der Waals surface area contributed by atoms with Crippen molar-refractivity contribution >= 4 is 5.82 Å². The first kappa shape index (κ1) is 9.58. The molecule has 0 saturated carbocycles. The third kappa shape index (κ3) is 1.44. The molecule has 3 N–H and O–H groups in total. The molecule has 0 unspecified atom stereocenters. The predicted molar refractivity (Wildman–Crippen MR) is 59.5 cm³/mol. The maximum atomic E-state index is 9.59. The molecule has 0 atom stereocenters. The lowest BCUT2D eigenvalue weighted by atomic mass is 10.0. The molecule has 4 heteroatoms. The Bertz CT molecular complexity index is 503. The highest BCUT2D eigenvalue weighted by Crippen LogP contribution is 2.31. The Hall–Kier alpha value is -1.97. The quantitative estimate of drug-likeness (QED) is 0.741. The fraction of sp³-hybridized carbons (Fsp3) is 0.182. The number of aromatic nitrogens is 2. The molecule has 1 heterocycles. The molecule has 78 valence electrons. The van der Waals surface area contributed by atoms with Crippen molar-refractivity contribution in [3.8, 4) is 16.9 Å². The molecule has 2 aromatic rings. The van der Waals surface area contributed by atoms with Gasteiger partial charge in [-0.3, -0.25) is 4.68 Å². The van der Waals surface area contributed by atoms with Gasteiger partial charge in [-0.1, -0.05) is 12.1 Å². The molecule has 0 amide bonds. The van der Waals surface area contributed by atoms with Crippen LogP contribution in [0.3, 0.4) is 0 Å². The summed E-state index contributed by atoms with van der Waals surface area (Å²) in [6.07, 6.45) is 1.71. The van der Waals surface area contributed by atoms with Gasteiger partial charge in [0.15, 0.2) is 0 Å². The van der Waals surface area contributed by atoms with Crippen molar-refractivity contribution in [1.29, 1.82) is 0 Å². The van der Waals surface area contributed by atoms with E-state index in [1.807, 2.05) is 13.0 Å². The highest BCUT2D eigenvalue weighted by molar-refractivity contribution is 5.77. The Kier molecular flexibility index (Phi) is 2.11. The van der Waals surface area contributed by atoms with Crippen LogP contribution in [0, 0.1) is 6.92 Å². The van der Waals surface area contributed by atoms with Gasteiger partial charge in [0.2, 0.25) is 0 Å². The van der Waals surface area contributed by atoms with Crippen molar-refractivity contribution in [3.05, 3.63) is 30.0 Å². The van der Waals surface area contributed by atoms with E-state index in [0.29, 0.717) is 5.82 Å². The summed E-state index contributed by atoms with van der Waals surface area (Å²) < 4.78 is 1.61. The molecular weight excluding hydrogens is 190 g/mol. The van der Waals surface area contributed by atoms with Gasteiger partial charge in [0, 0.05) is 12.6 Å². The van der Waals surface area contributed by atoms with Gasteiger partial charge in [-0.05, 0) is 24.1 Å². The zero-order chi connectivity index (χ0) is 11.0. The van der Waals surface area contributed by atoms with Gasteiger partial charge in [0.05, 0.1) is 6.20 Å². The Morgan fingerprint density at radius 3 is 2.67 bits per heavy atom. The third-order valence-corrected chi connectivity index (χ3v) is 2.58. The number of aryl methyl sites for hydroxylation is 1. The van der Waals surface area contributed by atoms with Gasteiger partial charge in [-0.2, -0.15) is 5.10 Å². The van der Waals surface area contributed by atoms with Crippen LogP contribution in [0.25, 0.3) is 11.1 Å². The molecule has 0 spiro atoms. The lowest BCUT2D eigenvalue weighted by Gasteiger charge is -2.06. The van der Waals surface area contributed by atoms with Crippen LogP contribution in [0.15, 0.2) is 24.4 Å². The standard InChI is InChI=1S/C11H13N3O/c1-7-8(4-3-5-10(7)15)9-6-13-14(2)11(9)12/h3-6,15H,12H2,1-2H3. The fourth-order valence-corrected chi connectivity index (χ4v) is 1.57. The van der Waals surface area contributed by atoms with E-state index in [0.717, 1.165) is 16.7 Å². The number of hydrogen-bond acceptors (Lipinski definition) is 3. The number of phenols is 1. The van der Waals surface area contributed by atoms with Crippen molar-refractivity contribution in [2.45, 2.75) is 6.92 Å². The first-order valence-corrected chi connectivity index (χ1v) is 4.67. The van der Waals surface area contributed by atoms with Gasteiger partial charge < -0.3 is 10.8 Å². The summed E-state index contributed by atoms with van der Waals surface area (Å²) in [5.74, 6) is 0.874. The minimum Gasteiger partial charge on any atom is -0.508 e. The summed E-state index contributed by atoms with van der Waals surface area (Å²) in [6, 6.07) is 5.37. The molecule has 0 aliphatic carbocycles. The van der Waals surface area contributed by atoms with Crippen LogP contribution in [-0.4, -0.2) is 14.9 Å². The number of nitrogens with zero attached hydrogens (tertiary/aromatic N) is 2. The van der Waals surface area contributed by atoms with E-state index in [9.17, 15) is 5.11 Å². The summed E-state index contributed by atoms with van der Waals surface area (Å²) in [7, 11) is 1.79. The van der Waals surface area contributed by atoms with E-state index in [-0.39, 0.29) is 5.75 Å². The number of nitrogen functional groups attached to an aromatic ring is 1. The van der Waals surface area contributed by atoms with Gasteiger partial charge in [-0.15, -0.1) is 0 Å². The molecule has 1 aromatic carbocycles. The predicted octanol–water partition coefficient (Wildman–Crippen LogP) is 1.68. The van der Waals surface area contributed by atoms with Gasteiger partial charge in [0.25, 0.3) is 0 Å². The molecule has 4 nitrogen and oxygen atoms in total. The SMILES string of the molecule is Cc1c(O)cccc1-c1cnn(C)c1N. The number of hydrogen-bond donors (Lipinski definition) is 2. The Balaban J connectivity index is 2.64. The monoisotopic (exact) mass is 203 g/mol. The van der Waals surface area contributed by atoms with Crippen LogP contribution < -0.4 is 5.73 Å². The minimum absolute atomic E-state index is 0.274. The van der Waals surface area contributed by atoms with Crippen LogP contribution in [0.5, 0.6) is 5.75 Å². The maximum absolute atomic E-state index is 9.59. The molecule has 2 rings (SSSR count). The van der Waals surface area contributed by atoms with Crippen LogP contribution in [0.1, 0.15) is 5.56 Å². The van der Waals surface area contributed by atoms with E-state index in [2.05, 4.69) is 5.10 Å². The molecular formula is C11H13N3O. The van der Waals surface area contributed by atoms with Crippen LogP contribution in [0.4, 0.5) is 5.82 Å². The summed E-state index contributed by atoms with van der Waals surface area (Å²) in [5.41, 5.74) is 8.46. The molecule has 15 heavy (non-hydrogen) atoms. The Morgan fingerprint density at radius 1 is 1.33 bits per heavy atom. The maximum Gasteiger partial charge on any atom is 0.129 e. The van der Waals surface area contributed by atoms with E-state index in [4.69, 9.17) is 5.73 Å². The number of anilines is 1. The van der Waals surface area contributed by atoms with Crippen LogP contribution in [0.2, 0.25) is 0 Å². The lowest BCUT2D eigenvalue weighted by Crippen LogP contribution is -1.98. The Morgan fingerprint density at radius 2 is 2.07 bits per heavy atom. The van der Waals surface area contributed by atoms with Gasteiger partial charge in [0.1, 0.15) is 11.6 Å². The van der Waals surface area contributed by atoms with E-state index in [1.165, 1.54) is 0 Å². The summed E-state index contributed by atoms with van der Waals surface area (Å²) in [6.45, 7) is 1.86. The topological polar surface area (TPSA) is 64.1 Å². The molecule has 0 aliphatic heterocycles. The highest BCUT2D eigenvalue weighted by Gasteiger charge is 2.11. The van der Waals surface area contributed by atoms with E-state index >= 15 is 0 Å². The molecule has 0 saturated heterocycles. The number of benzene rings is 1. The summed E-state index contributed by atoms with van der Waals surface area (Å²) >= 11 is 0. The van der Waals surface area contributed by atoms with E-state index < -0.39 is 0 Å². The second kappa shape index (κ2) is 3.31. The highest BCUT2D eigenvalue weighted by atomic mass is 16.3.